The minimum absolute atomic E-state index is 0.0924. The first-order chi connectivity index (χ1) is 12.3. The van der Waals surface area contributed by atoms with Crippen LogP contribution < -0.4 is 10.6 Å². The molecule has 7 nitrogen and oxygen atoms in total. The van der Waals surface area contributed by atoms with Crippen molar-refractivity contribution in [2.24, 2.45) is 10.9 Å². The topological polar surface area (TPSA) is 89.0 Å². The van der Waals surface area contributed by atoms with E-state index in [-0.39, 0.29) is 5.75 Å². The molecule has 1 aliphatic rings. The van der Waals surface area contributed by atoms with Gasteiger partial charge in [0.05, 0.1) is 10.5 Å². The third-order valence-electron chi connectivity index (χ3n) is 4.35. The lowest BCUT2D eigenvalue weighted by Crippen LogP contribution is -2.41. The van der Waals surface area contributed by atoms with E-state index in [4.69, 9.17) is 9.47 Å². The summed E-state index contributed by atoms with van der Waals surface area (Å²) in [5.41, 5.74) is 0. The number of nitrogens with zero attached hydrogens (tertiary/aromatic N) is 1. The lowest BCUT2D eigenvalue weighted by atomic mass is 10.0. The van der Waals surface area contributed by atoms with Gasteiger partial charge >= 0.3 is 0 Å². The summed E-state index contributed by atoms with van der Waals surface area (Å²) < 4.78 is 34.6. The normalized spacial score (nSPS) is 17.3. The van der Waals surface area contributed by atoms with E-state index in [0.717, 1.165) is 45.6 Å². The van der Waals surface area contributed by atoms with Gasteiger partial charge in [-0.3, -0.25) is 4.99 Å². The third-order valence-corrected chi connectivity index (χ3v) is 6.96. The molecular weight excluding hydrogens is 354 g/mol. The minimum Gasteiger partial charge on any atom is -0.381 e. The Hall–Kier alpha value is -0.860. The Labute approximate surface area is 159 Å². The molecule has 0 radical (unpaired) electrons. The molecule has 0 aromatic carbocycles. The minimum atomic E-state index is -3.13. The number of sulfone groups is 1. The van der Waals surface area contributed by atoms with Gasteiger partial charge in [-0.05, 0) is 52.9 Å². The summed E-state index contributed by atoms with van der Waals surface area (Å²) in [5, 5.41) is 6.24. The molecule has 26 heavy (non-hydrogen) atoms. The second-order valence-corrected chi connectivity index (χ2v) is 10.5. The summed E-state index contributed by atoms with van der Waals surface area (Å²) in [6.07, 6.45) is 3.02. The molecule has 0 atom stereocenters. The molecule has 0 bridgehead atoms. The molecule has 0 aromatic heterocycles. The fourth-order valence-corrected chi connectivity index (χ4v) is 3.46. The van der Waals surface area contributed by atoms with E-state index in [1.54, 1.807) is 20.8 Å². The summed E-state index contributed by atoms with van der Waals surface area (Å²) in [4.78, 5) is 4.48. The molecule has 1 rings (SSSR count). The maximum absolute atomic E-state index is 12.1. The molecular formula is C18H37N3O4S. The van der Waals surface area contributed by atoms with E-state index in [0.29, 0.717) is 31.6 Å². The van der Waals surface area contributed by atoms with Gasteiger partial charge in [0.2, 0.25) is 0 Å². The number of rotatable bonds is 10. The molecule has 1 fully saturated rings. The van der Waals surface area contributed by atoms with Crippen molar-refractivity contribution < 1.29 is 17.9 Å². The summed E-state index contributed by atoms with van der Waals surface area (Å²) in [6, 6.07) is 0. The van der Waals surface area contributed by atoms with E-state index in [1.807, 2.05) is 6.92 Å². The Morgan fingerprint density at radius 1 is 1.23 bits per heavy atom. The molecule has 1 saturated heterocycles. The van der Waals surface area contributed by atoms with Crippen LogP contribution in [0, 0.1) is 5.92 Å². The van der Waals surface area contributed by atoms with Gasteiger partial charge in [-0.25, -0.2) is 8.42 Å². The summed E-state index contributed by atoms with van der Waals surface area (Å²) in [6.45, 7) is 12.1. The number of ether oxygens (including phenoxy) is 2. The van der Waals surface area contributed by atoms with Gasteiger partial charge in [-0.2, -0.15) is 0 Å². The second kappa shape index (κ2) is 11.8. The van der Waals surface area contributed by atoms with E-state index < -0.39 is 14.6 Å². The largest absolute Gasteiger partial charge is 0.381 e. The van der Waals surface area contributed by atoms with Crippen LogP contribution in [0.4, 0.5) is 0 Å². The summed E-state index contributed by atoms with van der Waals surface area (Å²) in [5.74, 6) is 1.37. The Bertz CT molecular complexity index is 509. The Balaban J connectivity index is 2.23. The molecule has 8 heteroatoms. The molecule has 0 spiro atoms. The van der Waals surface area contributed by atoms with Crippen molar-refractivity contribution in [1.29, 1.82) is 0 Å². The highest BCUT2D eigenvalue weighted by Gasteiger charge is 2.28. The maximum Gasteiger partial charge on any atom is 0.191 e. The summed E-state index contributed by atoms with van der Waals surface area (Å²) >= 11 is 0. The average Bonchev–Trinajstić information content (AvgIpc) is 2.57. The van der Waals surface area contributed by atoms with Crippen molar-refractivity contribution in [3.05, 3.63) is 0 Å². The lowest BCUT2D eigenvalue weighted by Gasteiger charge is -2.21. The second-order valence-electron chi connectivity index (χ2n) is 7.60. The van der Waals surface area contributed by atoms with Crippen LogP contribution >= 0.6 is 0 Å². The average molecular weight is 392 g/mol. The van der Waals surface area contributed by atoms with Crippen LogP contribution in [-0.4, -0.2) is 70.9 Å². The smallest absolute Gasteiger partial charge is 0.191 e. The fraction of sp³-hybridized carbons (Fsp3) is 0.944. The van der Waals surface area contributed by atoms with E-state index in [9.17, 15) is 8.42 Å². The Kier molecular flexibility index (Phi) is 10.5. The number of hydrogen-bond acceptors (Lipinski definition) is 5. The zero-order chi connectivity index (χ0) is 19.5. The first-order valence-corrected chi connectivity index (χ1v) is 11.3. The maximum atomic E-state index is 12.1. The number of guanidine groups is 1. The molecule has 0 aromatic rings. The van der Waals surface area contributed by atoms with Gasteiger partial charge in [0, 0.05) is 46.1 Å². The van der Waals surface area contributed by atoms with Crippen LogP contribution in [0.2, 0.25) is 0 Å². The third kappa shape index (κ3) is 9.19. The van der Waals surface area contributed by atoms with Crippen molar-refractivity contribution in [1.82, 2.24) is 10.6 Å². The Morgan fingerprint density at radius 3 is 2.54 bits per heavy atom. The van der Waals surface area contributed by atoms with E-state index >= 15 is 0 Å². The summed E-state index contributed by atoms with van der Waals surface area (Å²) in [7, 11) is -3.13. The van der Waals surface area contributed by atoms with Crippen LogP contribution in [-0.2, 0) is 19.3 Å². The van der Waals surface area contributed by atoms with Gasteiger partial charge < -0.3 is 20.1 Å². The van der Waals surface area contributed by atoms with Gasteiger partial charge in [0.25, 0.3) is 0 Å². The van der Waals surface area contributed by atoms with Crippen LogP contribution in [0.5, 0.6) is 0 Å². The molecule has 0 aliphatic carbocycles. The number of aliphatic imine (C=N–C) groups is 1. The first kappa shape index (κ1) is 23.2. The van der Waals surface area contributed by atoms with Crippen molar-refractivity contribution in [3.63, 3.8) is 0 Å². The van der Waals surface area contributed by atoms with Crippen molar-refractivity contribution in [2.45, 2.75) is 51.7 Å². The van der Waals surface area contributed by atoms with Crippen molar-refractivity contribution in [2.75, 3.05) is 51.8 Å². The molecule has 1 aliphatic heterocycles. The lowest BCUT2D eigenvalue weighted by molar-refractivity contribution is 0.0205. The van der Waals surface area contributed by atoms with Crippen LogP contribution in [0.15, 0.2) is 4.99 Å². The highest BCUT2D eigenvalue weighted by Crippen LogP contribution is 2.15. The molecule has 2 N–H and O–H groups in total. The zero-order valence-electron chi connectivity index (χ0n) is 16.8. The standard InChI is InChI=1S/C18H37N3O4S/c1-5-19-17(21-10-14-26(22,23)18(2,3)4)20-9-6-11-25-15-16-7-12-24-13-8-16/h16H,5-15H2,1-4H3,(H2,19,20,21). The highest BCUT2D eigenvalue weighted by atomic mass is 32.2. The number of hydrogen-bond donors (Lipinski definition) is 2. The van der Waals surface area contributed by atoms with Gasteiger partial charge in [-0.1, -0.05) is 0 Å². The SMILES string of the molecule is CCNC(=NCCCOCC1CCOCC1)NCCS(=O)(=O)C(C)(C)C. The van der Waals surface area contributed by atoms with Crippen molar-refractivity contribution in [3.8, 4) is 0 Å². The zero-order valence-corrected chi connectivity index (χ0v) is 17.7. The van der Waals surface area contributed by atoms with Gasteiger partial charge in [-0.15, -0.1) is 0 Å². The predicted molar refractivity (Wildman–Crippen MR) is 107 cm³/mol. The molecule has 154 valence electrons. The Morgan fingerprint density at radius 2 is 1.92 bits per heavy atom. The van der Waals surface area contributed by atoms with Crippen LogP contribution in [0.3, 0.4) is 0 Å². The fourth-order valence-electron chi connectivity index (χ4n) is 2.47. The van der Waals surface area contributed by atoms with Crippen LogP contribution in [0.25, 0.3) is 0 Å². The molecule has 0 unspecified atom stereocenters. The number of nitrogens with one attached hydrogen (secondary N) is 2. The molecule has 1 heterocycles. The highest BCUT2D eigenvalue weighted by molar-refractivity contribution is 7.92. The van der Waals surface area contributed by atoms with Crippen LogP contribution in [0.1, 0.15) is 47.0 Å². The van der Waals surface area contributed by atoms with E-state index in [2.05, 4.69) is 15.6 Å². The molecule has 0 saturated carbocycles. The molecule has 0 amide bonds. The van der Waals surface area contributed by atoms with E-state index in [1.165, 1.54) is 0 Å². The quantitative estimate of drug-likeness (QED) is 0.334. The van der Waals surface area contributed by atoms with Gasteiger partial charge in [0.1, 0.15) is 0 Å². The first-order valence-electron chi connectivity index (χ1n) is 9.66. The van der Waals surface area contributed by atoms with Crippen molar-refractivity contribution >= 4 is 15.8 Å². The predicted octanol–water partition coefficient (Wildman–Crippen LogP) is 1.59. The monoisotopic (exact) mass is 391 g/mol. The van der Waals surface area contributed by atoms with Gasteiger partial charge in [0.15, 0.2) is 15.8 Å².